The first-order chi connectivity index (χ1) is 25.3. The summed E-state index contributed by atoms with van der Waals surface area (Å²) >= 11 is 1.82. The van der Waals surface area contributed by atoms with Crippen molar-refractivity contribution in [3.8, 4) is 34.4 Å². The minimum atomic E-state index is 0.574. The number of benzene rings is 6. The Balaban J connectivity index is 1.25. The van der Waals surface area contributed by atoms with Crippen molar-refractivity contribution in [1.29, 1.82) is 0 Å². The highest BCUT2D eigenvalue weighted by Crippen LogP contribution is 2.43. The first-order valence-electron chi connectivity index (χ1n) is 16.9. The minimum Gasteiger partial charge on any atom is -0.293 e. The van der Waals surface area contributed by atoms with E-state index in [1.54, 1.807) is 0 Å². The Morgan fingerprint density at radius 1 is 0.451 bits per heavy atom. The van der Waals surface area contributed by atoms with Gasteiger partial charge in [0.15, 0.2) is 11.6 Å². The van der Waals surface area contributed by atoms with Crippen LogP contribution in [0.15, 0.2) is 158 Å². The fraction of sp³-hybridized carbons (Fsp3) is 0. The zero-order valence-electron chi connectivity index (χ0n) is 27.1. The van der Waals surface area contributed by atoms with E-state index in [-0.39, 0.29) is 0 Å². The average Bonchev–Trinajstić information content (AvgIpc) is 3.86. The molecule has 0 spiro atoms. The molecule has 0 bridgehead atoms. The third kappa shape index (κ3) is 4.16. The quantitative estimate of drug-likeness (QED) is 0.187. The molecule has 7 heteroatoms. The first-order valence-corrected chi connectivity index (χ1v) is 17.7. The van der Waals surface area contributed by atoms with Crippen LogP contribution in [-0.2, 0) is 0 Å². The zero-order valence-corrected chi connectivity index (χ0v) is 27.9. The van der Waals surface area contributed by atoms with Crippen LogP contribution in [0.3, 0.4) is 0 Å². The first kappa shape index (κ1) is 28.2. The van der Waals surface area contributed by atoms with E-state index in [9.17, 15) is 0 Å². The summed E-state index contributed by atoms with van der Waals surface area (Å²) in [7, 11) is 0. The summed E-state index contributed by atoms with van der Waals surface area (Å²) in [5.74, 6) is 1.77. The van der Waals surface area contributed by atoms with Gasteiger partial charge in [-0.3, -0.25) is 9.13 Å². The summed E-state index contributed by atoms with van der Waals surface area (Å²) in [6, 6.07) is 52.8. The molecule has 0 aliphatic carbocycles. The fourth-order valence-corrected chi connectivity index (χ4v) is 8.88. The fourth-order valence-electron chi connectivity index (χ4n) is 7.64. The van der Waals surface area contributed by atoms with Crippen molar-refractivity contribution >= 4 is 75.3 Å². The normalized spacial score (nSPS) is 11.9. The van der Waals surface area contributed by atoms with Gasteiger partial charge in [-0.1, -0.05) is 109 Å². The van der Waals surface area contributed by atoms with Gasteiger partial charge in [0.1, 0.15) is 5.65 Å². The number of fused-ring (bicyclic) bond motifs is 10. The highest BCUT2D eigenvalue weighted by Gasteiger charge is 2.23. The molecule has 0 saturated heterocycles. The highest BCUT2D eigenvalue weighted by molar-refractivity contribution is 7.26. The Morgan fingerprint density at radius 2 is 1.10 bits per heavy atom. The van der Waals surface area contributed by atoms with Gasteiger partial charge in [-0.15, -0.1) is 11.3 Å². The van der Waals surface area contributed by atoms with Gasteiger partial charge in [0, 0.05) is 54.3 Å². The maximum Gasteiger partial charge on any atom is 0.238 e. The van der Waals surface area contributed by atoms with Gasteiger partial charge < -0.3 is 0 Å². The second-order valence-electron chi connectivity index (χ2n) is 12.7. The van der Waals surface area contributed by atoms with Crippen LogP contribution in [0.25, 0.3) is 98.3 Å². The predicted octanol–water partition coefficient (Wildman–Crippen LogP) is 11.2. The van der Waals surface area contributed by atoms with Crippen LogP contribution in [-0.4, -0.2) is 29.1 Å². The van der Waals surface area contributed by atoms with Gasteiger partial charge in [0.2, 0.25) is 5.95 Å². The average molecular weight is 671 g/mol. The number of pyridine rings is 1. The lowest BCUT2D eigenvalue weighted by Gasteiger charge is -2.15. The summed E-state index contributed by atoms with van der Waals surface area (Å²) in [5.41, 5.74) is 6.88. The van der Waals surface area contributed by atoms with Crippen LogP contribution in [0, 0.1) is 0 Å². The van der Waals surface area contributed by atoms with Crippen molar-refractivity contribution in [2.45, 2.75) is 0 Å². The molecule has 51 heavy (non-hydrogen) atoms. The second-order valence-corrected chi connectivity index (χ2v) is 13.7. The van der Waals surface area contributed by atoms with Crippen molar-refractivity contribution in [2.24, 2.45) is 0 Å². The Hall–Kier alpha value is -6.70. The molecule has 11 aromatic rings. The standard InChI is InChI=1S/C44H26N6S/c1-2-13-27(14-3-1)41-46-42(34-18-6-10-22-37(34)49-35-20-8-5-16-29(35)33-19-12-26-45-43(33)49)48-44(47-41)50-36-21-9-4-15-28(36)31-24-25-32-30-17-7-11-23-38(30)51-40(32)39(31)50/h1-26H. The van der Waals surface area contributed by atoms with Gasteiger partial charge in [-0.05, 0) is 42.5 Å². The number of nitrogens with zero attached hydrogens (tertiary/aromatic N) is 6. The number of para-hydroxylation sites is 3. The Labute approximate surface area is 295 Å². The molecule has 0 atom stereocenters. The Morgan fingerprint density at radius 3 is 1.96 bits per heavy atom. The van der Waals surface area contributed by atoms with E-state index in [0.29, 0.717) is 17.6 Å². The van der Waals surface area contributed by atoms with Gasteiger partial charge in [-0.25, -0.2) is 9.97 Å². The zero-order chi connectivity index (χ0) is 33.5. The molecule has 0 aliphatic rings. The van der Waals surface area contributed by atoms with Crippen LogP contribution in [0.1, 0.15) is 0 Å². The van der Waals surface area contributed by atoms with Crippen LogP contribution in [0.5, 0.6) is 0 Å². The predicted molar refractivity (Wildman–Crippen MR) is 210 cm³/mol. The van der Waals surface area contributed by atoms with Crippen molar-refractivity contribution in [1.82, 2.24) is 29.1 Å². The van der Waals surface area contributed by atoms with Gasteiger partial charge in [0.05, 0.1) is 26.9 Å². The Bertz CT molecular complexity index is 3100. The molecule has 0 saturated carbocycles. The molecule has 5 aromatic heterocycles. The number of aromatic nitrogens is 6. The number of thiophene rings is 1. The molecule has 0 N–H and O–H groups in total. The van der Waals surface area contributed by atoms with Gasteiger partial charge in [0.25, 0.3) is 0 Å². The second kappa shape index (κ2) is 10.9. The molecule has 6 nitrogen and oxygen atoms in total. The molecule has 6 aromatic carbocycles. The van der Waals surface area contributed by atoms with E-state index in [1.807, 2.05) is 47.9 Å². The van der Waals surface area contributed by atoms with E-state index in [2.05, 4.69) is 130 Å². The van der Waals surface area contributed by atoms with Gasteiger partial charge >= 0.3 is 0 Å². The third-order valence-electron chi connectivity index (χ3n) is 9.85. The molecule has 11 rings (SSSR count). The lowest BCUT2D eigenvalue weighted by Crippen LogP contribution is -2.08. The smallest absolute Gasteiger partial charge is 0.238 e. The van der Waals surface area contributed by atoms with Gasteiger partial charge in [-0.2, -0.15) is 9.97 Å². The molecule has 0 radical (unpaired) electrons. The van der Waals surface area contributed by atoms with E-state index in [1.165, 1.54) is 25.6 Å². The van der Waals surface area contributed by atoms with E-state index >= 15 is 0 Å². The number of rotatable bonds is 4. The molecule has 5 heterocycles. The molecular formula is C44H26N6S. The van der Waals surface area contributed by atoms with Crippen LogP contribution in [0.4, 0.5) is 0 Å². The topological polar surface area (TPSA) is 61.4 Å². The molecule has 0 fully saturated rings. The van der Waals surface area contributed by atoms with Crippen molar-refractivity contribution in [2.75, 3.05) is 0 Å². The lowest BCUT2D eigenvalue weighted by atomic mass is 10.1. The van der Waals surface area contributed by atoms with Crippen LogP contribution in [0.2, 0.25) is 0 Å². The monoisotopic (exact) mass is 670 g/mol. The minimum absolute atomic E-state index is 0.574. The highest BCUT2D eigenvalue weighted by atomic mass is 32.1. The molecular weight excluding hydrogens is 645 g/mol. The summed E-state index contributed by atoms with van der Waals surface area (Å²) in [6.07, 6.45) is 1.85. The summed E-state index contributed by atoms with van der Waals surface area (Å²) < 4.78 is 6.94. The lowest BCUT2D eigenvalue weighted by molar-refractivity contribution is 0.953. The maximum atomic E-state index is 5.37. The summed E-state index contributed by atoms with van der Waals surface area (Å²) in [5, 5.41) is 7.06. The summed E-state index contributed by atoms with van der Waals surface area (Å²) in [6.45, 7) is 0. The summed E-state index contributed by atoms with van der Waals surface area (Å²) in [4.78, 5) is 20.7. The van der Waals surface area contributed by atoms with E-state index < -0.39 is 0 Å². The third-order valence-corrected chi connectivity index (χ3v) is 11.0. The van der Waals surface area contributed by atoms with Crippen molar-refractivity contribution in [3.05, 3.63) is 158 Å². The van der Waals surface area contributed by atoms with E-state index in [4.69, 9.17) is 19.9 Å². The molecule has 0 unspecified atom stereocenters. The number of hydrogen-bond donors (Lipinski definition) is 0. The SMILES string of the molecule is c1ccc(-c2nc(-c3ccccc3-n3c4ccccc4c4cccnc43)nc(-n3c4ccccc4c4ccc5c6ccccc6sc5c43)n2)cc1. The molecule has 238 valence electrons. The molecule has 0 amide bonds. The molecule has 0 aliphatic heterocycles. The largest absolute Gasteiger partial charge is 0.293 e. The van der Waals surface area contributed by atoms with Crippen LogP contribution < -0.4 is 0 Å². The Kier molecular flexibility index (Phi) is 6.02. The van der Waals surface area contributed by atoms with Crippen molar-refractivity contribution < 1.29 is 0 Å². The maximum absolute atomic E-state index is 5.37. The van der Waals surface area contributed by atoms with E-state index in [0.717, 1.165) is 55.2 Å². The van der Waals surface area contributed by atoms with Crippen molar-refractivity contribution in [3.63, 3.8) is 0 Å². The number of hydrogen-bond acceptors (Lipinski definition) is 5. The van der Waals surface area contributed by atoms with Crippen LogP contribution >= 0.6 is 11.3 Å².